The maximum absolute atomic E-state index is 12.0. The first-order valence-corrected chi connectivity index (χ1v) is 5.53. The molecule has 0 saturated heterocycles. The Morgan fingerprint density at radius 1 is 1.29 bits per heavy atom. The maximum atomic E-state index is 12.0. The van der Waals surface area contributed by atoms with Gasteiger partial charge in [0.1, 0.15) is 6.10 Å². The van der Waals surface area contributed by atoms with Crippen LogP contribution in [0.15, 0.2) is 35.9 Å². The fourth-order valence-corrected chi connectivity index (χ4v) is 2.03. The Bertz CT molecular complexity index is 463. The lowest BCUT2D eigenvalue weighted by atomic mass is 9.88. The predicted molar refractivity (Wildman–Crippen MR) is 66.4 cm³/mol. The van der Waals surface area contributed by atoms with Gasteiger partial charge in [-0.1, -0.05) is 30.3 Å². The molecule has 0 fully saturated rings. The third-order valence-electron chi connectivity index (χ3n) is 2.89. The van der Waals surface area contributed by atoms with Crippen molar-refractivity contribution in [2.24, 2.45) is 0 Å². The highest BCUT2D eigenvalue weighted by atomic mass is 16.5. The van der Waals surface area contributed by atoms with Crippen molar-refractivity contribution in [1.82, 2.24) is 4.90 Å². The number of methoxy groups -OCH3 is 1. The van der Waals surface area contributed by atoms with E-state index < -0.39 is 0 Å². The summed E-state index contributed by atoms with van der Waals surface area (Å²) in [7, 11) is 5.12. The number of benzene rings is 1. The summed E-state index contributed by atoms with van der Waals surface area (Å²) < 4.78 is 5.47. The molecule has 0 N–H and O–H groups in total. The van der Waals surface area contributed by atoms with Crippen LogP contribution in [0, 0.1) is 6.42 Å². The summed E-state index contributed by atoms with van der Waals surface area (Å²) in [5, 5.41) is 0. The molecule has 0 heterocycles. The number of rotatable bonds is 2. The standard InChI is InChI=1S/C14H16NO2/c1-15(2)14(16)12-9-8-10-6-4-5-7-11(10)13(12)17-3/h4-9,13H,1-3H3. The van der Waals surface area contributed by atoms with Crippen LogP contribution < -0.4 is 0 Å². The normalized spacial score (nSPS) is 18.3. The molecule has 0 aromatic heterocycles. The van der Waals surface area contributed by atoms with Crippen LogP contribution in [-0.2, 0) is 9.53 Å². The molecule has 1 aliphatic carbocycles. The zero-order valence-electron chi connectivity index (χ0n) is 10.3. The Morgan fingerprint density at radius 2 is 2.00 bits per heavy atom. The number of hydrogen-bond donors (Lipinski definition) is 0. The first kappa shape index (κ1) is 11.9. The van der Waals surface area contributed by atoms with Crippen molar-refractivity contribution in [2.75, 3.05) is 21.2 Å². The Hall–Kier alpha value is -1.61. The predicted octanol–water partition coefficient (Wildman–Crippen LogP) is 1.95. The molecule has 1 aromatic rings. The summed E-state index contributed by atoms with van der Waals surface area (Å²) >= 11 is 0. The van der Waals surface area contributed by atoms with Crippen LogP contribution in [0.5, 0.6) is 0 Å². The number of fused-ring (bicyclic) bond motifs is 1. The third kappa shape index (κ3) is 2.11. The molecule has 0 aliphatic heterocycles. The highest BCUT2D eigenvalue weighted by Crippen LogP contribution is 2.34. The van der Waals surface area contributed by atoms with Gasteiger partial charge >= 0.3 is 0 Å². The summed E-state index contributed by atoms with van der Waals surface area (Å²) in [6.45, 7) is 0. The molecule has 2 rings (SSSR count). The molecule has 0 spiro atoms. The fourth-order valence-electron chi connectivity index (χ4n) is 2.03. The van der Waals surface area contributed by atoms with Gasteiger partial charge in [-0.2, -0.15) is 0 Å². The first-order valence-electron chi connectivity index (χ1n) is 5.53. The number of ether oxygens (including phenoxy) is 1. The number of carbonyl (C=O) groups is 1. The van der Waals surface area contributed by atoms with Crippen LogP contribution >= 0.6 is 0 Å². The second-order valence-electron chi connectivity index (χ2n) is 4.23. The summed E-state index contributed by atoms with van der Waals surface area (Å²) in [4.78, 5) is 13.6. The van der Waals surface area contributed by atoms with Crippen LogP contribution in [0.25, 0.3) is 0 Å². The van der Waals surface area contributed by atoms with E-state index in [4.69, 9.17) is 4.74 Å². The molecule has 89 valence electrons. The molecule has 1 aromatic carbocycles. The molecule has 1 amide bonds. The molecule has 1 unspecified atom stereocenters. The largest absolute Gasteiger partial charge is 0.372 e. The molecule has 1 atom stereocenters. The van der Waals surface area contributed by atoms with Crippen molar-refractivity contribution in [1.29, 1.82) is 0 Å². The van der Waals surface area contributed by atoms with Crippen LogP contribution in [0.1, 0.15) is 17.2 Å². The van der Waals surface area contributed by atoms with Crippen molar-refractivity contribution in [3.05, 3.63) is 53.5 Å². The van der Waals surface area contributed by atoms with Gasteiger partial charge in [0.05, 0.1) is 0 Å². The quantitative estimate of drug-likeness (QED) is 0.777. The average Bonchev–Trinajstić information content (AvgIpc) is 2.36. The third-order valence-corrected chi connectivity index (χ3v) is 2.89. The number of nitrogens with zero attached hydrogens (tertiary/aromatic N) is 1. The molecule has 1 aliphatic rings. The van der Waals surface area contributed by atoms with E-state index in [2.05, 4.69) is 0 Å². The Labute approximate surface area is 102 Å². The lowest BCUT2D eigenvalue weighted by Crippen LogP contribution is -2.28. The number of allylic oxidation sites excluding steroid dienone is 1. The SMILES string of the molecule is COC1C(C(=O)N(C)C)=C[CH]c2ccccc21. The van der Waals surface area contributed by atoms with Crippen molar-refractivity contribution in [3.63, 3.8) is 0 Å². The van der Waals surface area contributed by atoms with Gasteiger partial charge in [0.15, 0.2) is 0 Å². The number of amides is 1. The molecule has 3 nitrogen and oxygen atoms in total. The molecule has 0 saturated carbocycles. The minimum atomic E-state index is -0.272. The van der Waals surface area contributed by atoms with E-state index >= 15 is 0 Å². The number of hydrogen-bond acceptors (Lipinski definition) is 2. The Morgan fingerprint density at radius 3 is 2.65 bits per heavy atom. The van der Waals surface area contributed by atoms with Crippen molar-refractivity contribution >= 4 is 5.91 Å². The summed E-state index contributed by atoms with van der Waals surface area (Å²) in [5.74, 6) is -0.0115. The number of carbonyl (C=O) groups excluding carboxylic acids is 1. The van der Waals surface area contributed by atoms with Gasteiger partial charge in [0.2, 0.25) is 0 Å². The van der Waals surface area contributed by atoms with E-state index in [-0.39, 0.29) is 12.0 Å². The van der Waals surface area contributed by atoms with Crippen LogP contribution in [0.2, 0.25) is 0 Å². The van der Waals surface area contributed by atoms with E-state index in [1.54, 1.807) is 26.1 Å². The van der Waals surface area contributed by atoms with Gasteiger partial charge < -0.3 is 9.64 Å². The van der Waals surface area contributed by atoms with Crippen molar-refractivity contribution in [2.45, 2.75) is 6.10 Å². The van der Waals surface area contributed by atoms with Crippen LogP contribution in [-0.4, -0.2) is 32.0 Å². The van der Waals surface area contributed by atoms with Gasteiger partial charge in [-0.3, -0.25) is 4.79 Å². The lowest BCUT2D eigenvalue weighted by molar-refractivity contribution is -0.126. The second-order valence-corrected chi connectivity index (χ2v) is 4.23. The van der Waals surface area contributed by atoms with E-state index in [1.165, 1.54) is 0 Å². The molecule has 0 bridgehead atoms. The molecule has 1 radical (unpaired) electrons. The summed E-state index contributed by atoms with van der Waals surface area (Å²) in [6, 6.07) is 7.96. The smallest absolute Gasteiger partial charge is 0.251 e. The van der Waals surface area contributed by atoms with Crippen molar-refractivity contribution in [3.8, 4) is 0 Å². The molecular formula is C14H16NO2. The monoisotopic (exact) mass is 230 g/mol. The van der Waals surface area contributed by atoms with Gasteiger partial charge in [0.25, 0.3) is 5.91 Å². The highest BCUT2D eigenvalue weighted by Gasteiger charge is 2.28. The zero-order chi connectivity index (χ0) is 12.4. The topological polar surface area (TPSA) is 29.5 Å². The minimum absolute atomic E-state index is 0.0115. The van der Waals surface area contributed by atoms with E-state index in [0.717, 1.165) is 11.1 Å². The average molecular weight is 230 g/mol. The Kier molecular flexibility index (Phi) is 3.29. The summed E-state index contributed by atoms with van der Waals surface area (Å²) in [6.07, 6.45) is 3.53. The van der Waals surface area contributed by atoms with E-state index in [0.29, 0.717) is 5.57 Å². The maximum Gasteiger partial charge on any atom is 0.251 e. The van der Waals surface area contributed by atoms with Gasteiger partial charge in [-0.05, 0) is 11.1 Å². The van der Waals surface area contributed by atoms with Gasteiger partial charge in [-0.25, -0.2) is 0 Å². The van der Waals surface area contributed by atoms with Crippen molar-refractivity contribution < 1.29 is 9.53 Å². The lowest BCUT2D eigenvalue weighted by Gasteiger charge is -2.26. The molecular weight excluding hydrogens is 214 g/mol. The van der Waals surface area contributed by atoms with Crippen LogP contribution in [0.4, 0.5) is 0 Å². The van der Waals surface area contributed by atoms with E-state index in [9.17, 15) is 4.79 Å². The highest BCUT2D eigenvalue weighted by molar-refractivity contribution is 5.95. The van der Waals surface area contributed by atoms with Gasteiger partial charge in [-0.15, -0.1) is 0 Å². The van der Waals surface area contributed by atoms with Crippen LogP contribution in [0.3, 0.4) is 0 Å². The molecule has 17 heavy (non-hydrogen) atoms. The minimum Gasteiger partial charge on any atom is -0.372 e. The molecule has 3 heteroatoms. The summed E-state index contributed by atoms with van der Waals surface area (Å²) in [5.41, 5.74) is 2.83. The van der Waals surface area contributed by atoms with Gasteiger partial charge in [0, 0.05) is 33.2 Å². The Balaban J connectivity index is 2.39. The number of likely N-dealkylation sites (N-methyl/N-ethyl adjacent to an activating group) is 1. The van der Waals surface area contributed by atoms with E-state index in [1.807, 2.05) is 36.8 Å². The second kappa shape index (κ2) is 4.72. The first-order chi connectivity index (χ1) is 8.15. The zero-order valence-corrected chi connectivity index (χ0v) is 10.3. The fraction of sp³-hybridized carbons (Fsp3) is 0.286.